The van der Waals surface area contributed by atoms with E-state index in [1.807, 2.05) is 42.1 Å². The third-order valence-electron chi connectivity index (χ3n) is 1.52. The van der Waals surface area contributed by atoms with Crippen LogP contribution in [-0.4, -0.2) is 0 Å². The second-order valence-corrected chi connectivity index (χ2v) is 2.51. The lowest BCUT2D eigenvalue weighted by Gasteiger charge is -1.95. The van der Waals surface area contributed by atoms with E-state index in [4.69, 9.17) is 0 Å². The summed E-state index contributed by atoms with van der Waals surface area (Å²) in [5.41, 5.74) is 1.92. The number of rotatable bonds is 2. The lowest BCUT2D eigenvalue weighted by Crippen LogP contribution is -2.30. The highest BCUT2D eigenvalue weighted by Crippen LogP contribution is 2.00. The summed E-state index contributed by atoms with van der Waals surface area (Å²) in [6.07, 6.45) is 3.91. The zero-order valence-electron chi connectivity index (χ0n) is 6.75. The van der Waals surface area contributed by atoms with Crippen molar-refractivity contribution in [1.29, 1.82) is 0 Å². The second-order valence-electron chi connectivity index (χ2n) is 2.51. The van der Waals surface area contributed by atoms with Crippen molar-refractivity contribution in [2.24, 2.45) is 0 Å². The molecule has 11 heavy (non-hydrogen) atoms. The highest BCUT2D eigenvalue weighted by atomic mass is 14.9. The fourth-order valence-corrected chi connectivity index (χ4v) is 0.799. The first-order chi connectivity index (χ1) is 5.22. The number of nitrogens with zero attached hydrogens (tertiary/aromatic N) is 1. The van der Waals surface area contributed by atoms with Crippen LogP contribution in [0.5, 0.6) is 0 Å². The minimum atomic E-state index is 0.936. The predicted octanol–water partition coefficient (Wildman–Crippen LogP) is 2.02. The molecule has 0 aliphatic heterocycles. The summed E-state index contributed by atoms with van der Waals surface area (Å²) in [7, 11) is 0. The minimum absolute atomic E-state index is 0.936. The molecule has 56 valence electrons. The van der Waals surface area contributed by atoms with E-state index in [-0.39, 0.29) is 0 Å². The summed E-state index contributed by atoms with van der Waals surface area (Å²) in [4.78, 5) is 0. The molecule has 0 bridgehead atoms. The van der Waals surface area contributed by atoms with Crippen LogP contribution in [0.1, 0.15) is 6.92 Å². The standard InChI is InChI=1S/C10H12N/c1-9(2)10(3)11-7-5-4-6-8-11/h4-8H,1,3H2,2H3/q+1. The SMILES string of the molecule is C=C(C)C(=C)[n+]1ccccc1. The summed E-state index contributed by atoms with van der Waals surface area (Å²) >= 11 is 0. The van der Waals surface area contributed by atoms with E-state index in [9.17, 15) is 0 Å². The van der Waals surface area contributed by atoms with Crippen LogP contribution in [0, 0.1) is 0 Å². The first-order valence-corrected chi connectivity index (χ1v) is 3.53. The molecule has 0 atom stereocenters. The highest BCUT2D eigenvalue weighted by Gasteiger charge is 2.04. The smallest absolute Gasteiger partial charge is 0.168 e. The lowest BCUT2D eigenvalue weighted by molar-refractivity contribution is -0.579. The van der Waals surface area contributed by atoms with E-state index < -0.39 is 0 Å². The van der Waals surface area contributed by atoms with Crippen molar-refractivity contribution in [3.8, 4) is 0 Å². The van der Waals surface area contributed by atoms with Crippen molar-refractivity contribution in [3.05, 3.63) is 49.3 Å². The molecule has 0 saturated carbocycles. The maximum atomic E-state index is 3.89. The van der Waals surface area contributed by atoms with Crippen LogP contribution in [0.25, 0.3) is 5.70 Å². The fraction of sp³-hybridized carbons (Fsp3) is 0.100. The lowest BCUT2D eigenvalue weighted by atomic mass is 10.2. The van der Waals surface area contributed by atoms with Crippen molar-refractivity contribution in [3.63, 3.8) is 0 Å². The average Bonchev–Trinajstić information content (AvgIpc) is 2.05. The minimum Gasteiger partial charge on any atom is -0.168 e. The molecule has 0 aliphatic rings. The molecule has 0 amide bonds. The first-order valence-electron chi connectivity index (χ1n) is 3.53. The van der Waals surface area contributed by atoms with Gasteiger partial charge in [-0.15, -0.1) is 0 Å². The van der Waals surface area contributed by atoms with Gasteiger partial charge in [0, 0.05) is 17.7 Å². The summed E-state index contributed by atoms with van der Waals surface area (Å²) in [5.74, 6) is 0. The van der Waals surface area contributed by atoms with Crippen molar-refractivity contribution in [2.75, 3.05) is 0 Å². The van der Waals surface area contributed by atoms with Gasteiger partial charge >= 0.3 is 0 Å². The molecular weight excluding hydrogens is 134 g/mol. The first kappa shape index (κ1) is 7.73. The van der Waals surface area contributed by atoms with Crippen LogP contribution >= 0.6 is 0 Å². The third-order valence-corrected chi connectivity index (χ3v) is 1.52. The van der Waals surface area contributed by atoms with Gasteiger partial charge in [-0.25, -0.2) is 0 Å². The number of hydrogen-bond donors (Lipinski definition) is 0. The molecule has 0 aliphatic carbocycles. The molecule has 0 saturated heterocycles. The molecule has 1 rings (SSSR count). The fourth-order valence-electron chi connectivity index (χ4n) is 0.799. The van der Waals surface area contributed by atoms with E-state index in [2.05, 4.69) is 13.2 Å². The molecule has 1 nitrogen and oxygen atoms in total. The Morgan fingerprint density at radius 3 is 2.09 bits per heavy atom. The molecule has 1 heteroatoms. The summed E-state index contributed by atoms with van der Waals surface area (Å²) in [6.45, 7) is 9.65. The van der Waals surface area contributed by atoms with E-state index in [1.54, 1.807) is 0 Å². The van der Waals surface area contributed by atoms with Gasteiger partial charge < -0.3 is 0 Å². The van der Waals surface area contributed by atoms with Crippen LogP contribution in [0.15, 0.2) is 49.3 Å². The van der Waals surface area contributed by atoms with Crippen LogP contribution in [-0.2, 0) is 0 Å². The zero-order valence-corrected chi connectivity index (χ0v) is 6.75. The number of allylic oxidation sites excluding steroid dienone is 2. The van der Waals surface area contributed by atoms with Crippen molar-refractivity contribution < 1.29 is 4.57 Å². The summed E-state index contributed by atoms with van der Waals surface area (Å²) in [6, 6.07) is 5.91. The van der Waals surface area contributed by atoms with Gasteiger partial charge in [-0.2, -0.15) is 4.57 Å². The van der Waals surface area contributed by atoms with Crippen molar-refractivity contribution >= 4 is 5.70 Å². The molecule has 0 fully saturated rings. The normalized spacial score (nSPS) is 9.18. The van der Waals surface area contributed by atoms with Gasteiger partial charge in [0.25, 0.3) is 0 Å². The Morgan fingerprint density at radius 2 is 1.64 bits per heavy atom. The van der Waals surface area contributed by atoms with Gasteiger partial charge in [0.2, 0.25) is 5.70 Å². The summed E-state index contributed by atoms with van der Waals surface area (Å²) < 4.78 is 1.95. The van der Waals surface area contributed by atoms with E-state index in [1.165, 1.54) is 0 Å². The molecule has 1 aromatic heterocycles. The molecule has 0 spiro atoms. The maximum absolute atomic E-state index is 3.89. The van der Waals surface area contributed by atoms with Gasteiger partial charge in [0.15, 0.2) is 12.4 Å². The van der Waals surface area contributed by atoms with Gasteiger partial charge in [-0.1, -0.05) is 12.6 Å². The Hall–Kier alpha value is -1.37. The van der Waals surface area contributed by atoms with Gasteiger partial charge in [0.05, 0.1) is 0 Å². The Morgan fingerprint density at radius 1 is 1.09 bits per heavy atom. The van der Waals surface area contributed by atoms with Gasteiger partial charge in [0.1, 0.15) is 0 Å². The number of pyridine rings is 1. The zero-order chi connectivity index (χ0) is 8.27. The average molecular weight is 146 g/mol. The number of hydrogen-bond acceptors (Lipinski definition) is 0. The van der Waals surface area contributed by atoms with Gasteiger partial charge in [-0.3, -0.25) is 0 Å². The van der Waals surface area contributed by atoms with Crippen molar-refractivity contribution in [1.82, 2.24) is 0 Å². The topological polar surface area (TPSA) is 3.88 Å². The van der Waals surface area contributed by atoms with E-state index in [0.29, 0.717) is 0 Å². The van der Waals surface area contributed by atoms with Crippen LogP contribution < -0.4 is 4.57 Å². The molecule has 0 N–H and O–H groups in total. The monoisotopic (exact) mass is 146 g/mol. The Labute approximate surface area is 67.3 Å². The molecule has 0 radical (unpaired) electrons. The van der Waals surface area contributed by atoms with Crippen LogP contribution in [0.3, 0.4) is 0 Å². The molecule has 1 aromatic rings. The van der Waals surface area contributed by atoms with E-state index in [0.717, 1.165) is 11.3 Å². The molecule has 1 heterocycles. The predicted molar refractivity (Wildman–Crippen MR) is 46.8 cm³/mol. The highest BCUT2D eigenvalue weighted by molar-refractivity contribution is 5.49. The number of aromatic nitrogens is 1. The summed E-state index contributed by atoms with van der Waals surface area (Å²) in [5, 5.41) is 0. The Bertz CT molecular complexity index is 272. The molecule has 0 unspecified atom stereocenters. The largest absolute Gasteiger partial charge is 0.205 e. The van der Waals surface area contributed by atoms with Crippen LogP contribution in [0.4, 0.5) is 0 Å². The van der Waals surface area contributed by atoms with Crippen molar-refractivity contribution in [2.45, 2.75) is 6.92 Å². The van der Waals surface area contributed by atoms with Crippen LogP contribution in [0.2, 0.25) is 0 Å². The quantitative estimate of drug-likeness (QED) is 0.444. The molecular formula is C10H12N+. The second kappa shape index (κ2) is 3.15. The van der Waals surface area contributed by atoms with E-state index >= 15 is 0 Å². The maximum Gasteiger partial charge on any atom is 0.205 e. The van der Waals surface area contributed by atoms with Gasteiger partial charge in [-0.05, 0) is 13.5 Å². The third kappa shape index (κ3) is 1.77. The molecule has 0 aromatic carbocycles. The Balaban J connectivity index is 2.95. The Kier molecular flexibility index (Phi) is 2.21.